The molecule has 0 fully saturated rings. The first-order valence-corrected chi connectivity index (χ1v) is 9.06. The van der Waals surface area contributed by atoms with Gasteiger partial charge in [-0.2, -0.15) is 0 Å². The SMILES string of the molecule is C=C(CC(O)C(C)=CCCC(=CCCC(=CCO)CO)CO)C(C)C. The zero-order valence-corrected chi connectivity index (χ0v) is 16.0. The minimum atomic E-state index is -0.493. The van der Waals surface area contributed by atoms with Crippen LogP contribution in [0.15, 0.2) is 47.1 Å². The molecule has 0 aromatic heterocycles. The quantitative estimate of drug-likeness (QED) is 0.384. The highest BCUT2D eigenvalue weighted by Crippen LogP contribution is 2.19. The van der Waals surface area contributed by atoms with Gasteiger partial charge < -0.3 is 20.4 Å². The summed E-state index contributed by atoms with van der Waals surface area (Å²) in [6, 6.07) is 0. The van der Waals surface area contributed by atoms with Gasteiger partial charge in [0.2, 0.25) is 0 Å². The molecule has 4 N–H and O–H groups in total. The molecule has 1 atom stereocenters. The van der Waals surface area contributed by atoms with Crippen molar-refractivity contribution in [2.75, 3.05) is 19.8 Å². The van der Waals surface area contributed by atoms with Gasteiger partial charge in [-0.15, -0.1) is 0 Å². The molecule has 0 aliphatic rings. The molecule has 0 spiro atoms. The Morgan fingerprint density at radius 2 is 1.44 bits per heavy atom. The molecule has 25 heavy (non-hydrogen) atoms. The number of hydrogen-bond donors (Lipinski definition) is 4. The van der Waals surface area contributed by atoms with Crippen LogP contribution in [0.1, 0.15) is 52.9 Å². The topological polar surface area (TPSA) is 80.9 Å². The molecule has 0 aromatic rings. The first kappa shape index (κ1) is 23.8. The lowest BCUT2D eigenvalue weighted by Gasteiger charge is -2.16. The van der Waals surface area contributed by atoms with E-state index >= 15 is 0 Å². The number of hydrogen-bond acceptors (Lipinski definition) is 4. The molecule has 0 aromatic carbocycles. The van der Waals surface area contributed by atoms with Crippen LogP contribution in [0.2, 0.25) is 0 Å². The summed E-state index contributed by atoms with van der Waals surface area (Å²) in [7, 11) is 0. The second-order valence-electron chi connectivity index (χ2n) is 6.78. The van der Waals surface area contributed by atoms with Crippen LogP contribution >= 0.6 is 0 Å². The summed E-state index contributed by atoms with van der Waals surface area (Å²) in [5.41, 5.74) is 3.74. The molecule has 0 rings (SSSR count). The molecule has 0 saturated carbocycles. The molecule has 0 aliphatic heterocycles. The summed E-state index contributed by atoms with van der Waals surface area (Å²) >= 11 is 0. The first-order valence-electron chi connectivity index (χ1n) is 9.06. The summed E-state index contributed by atoms with van der Waals surface area (Å²) in [4.78, 5) is 0. The minimum Gasteiger partial charge on any atom is -0.392 e. The monoisotopic (exact) mass is 352 g/mol. The second kappa shape index (κ2) is 14.0. The van der Waals surface area contributed by atoms with Crippen molar-refractivity contribution in [3.05, 3.63) is 47.1 Å². The predicted molar refractivity (Wildman–Crippen MR) is 104 cm³/mol. The smallest absolute Gasteiger partial charge is 0.0784 e. The van der Waals surface area contributed by atoms with Crippen molar-refractivity contribution in [1.82, 2.24) is 0 Å². The zero-order chi connectivity index (χ0) is 19.2. The maximum absolute atomic E-state index is 10.2. The van der Waals surface area contributed by atoms with Crippen molar-refractivity contribution in [3.63, 3.8) is 0 Å². The lowest BCUT2D eigenvalue weighted by atomic mass is 9.95. The van der Waals surface area contributed by atoms with Gasteiger partial charge in [0.15, 0.2) is 0 Å². The van der Waals surface area contributed by atoms with Crippen molar-refractivity contribution < 1.29 is 20.4 Å². The van der Waals surface area contributed by atoms with Gasteiger partial charge >= 0.3 is 0 Å². The van der Waals surface area contributed by atoms with Crippen LogP contribution in [0.25, 0.3) is 0 Å². The fraction of sp³-hybridized carbons (Fsp3) is 0.619. The predicted octanol–water partition coefficient (Wildman–Crippen LogP) is 3.29. The normalized spacial score (nSPS) is 15.0. The van der Waals surface area contributed by atoms with Crippen LogP contribution in [-0.4, -0.2) is 46.4 Å². The average Bonchev–Trinajstić information content (AvgIpc) is 2.58. The molecule has 1 unspecified atom stereocenters. The van der Waals surface area contributed by atoms with E-state index in [1.807, 2.05) is 19.1 Å². The Bertz CT molecular complexity index is 472. The Hall–Kier alpha value is -1.20. The Labute approximate surface area is 152 Å². The second-order valence-corrected chi connectivity index (χ2v) is 6.78. The van der Waals surface area contributed by atoms with E-state index in [-0.39, 0.29) is 19.8 Å². The molecular formula is C21H36O4. The van der Waals surface area contributed by atoms with Gasteiger partial charge in [-0.05, 0) is 61.7 Å². The highest BCUT2D eigenvalue weighted by molar-refractivity contribution is 5.13. The van der Waals surface area contributed by atoms with Crippen molar-refractivity contribution in [1.29, 1.82) is 0 Å². The Morgan fingerprint density at radius 3 is 1.92 bits per heavy atom. The third-order valence-electron chi connectivity index (χ3n) is 4.41. The van der Waals surface area contributed by atoms with Crippen LogP contribution in [0.3, 0.4) is 0 Å². The molecule has 4 nitrogen and oxygen atoms in total. The Kier molecular flexibility index (Phi) is 13.3. The van der Waals surface area contributed by atoms with Gasteiger partial charge in [0, 0.05) is 0 Å². The fourth-order valence-electron chi connectivity index (χ4n) is 2.35. The highest BCUT2D eigenvalue weighted by atomic mass is 16.3. The molecular weight excluding hydrogens is 316 g/mol. The number of aliphatic hydroxyl groups is 4. The largest absolute Gasteiger partial charge is 0.392 e. The number of aliphatic hydroxyl groups excluding tert-OH is 4. The van der Waals surface area contributed by atoms with Crippen LogP contribution in [0.4, 0.5) is 0 Å². The maximum atomic E-state index is 10.2. The van der Waals surface area contributed by atoms with Crippen molar-refractivity contribution in [2.24, 2.45) is 5.92 Å². The van der Waals surface area contributed by atoms with Crippen LogP contribution in [0.5, 0.6) is 0 Å². The molecule has 0 aliphatic carbocycles. The summed E-state index contributed by atoms with van der Waals surface area (Å²) in [5, 5.41) is 37.6. The van der Waals surface area contributed by atoms with E-state index in [4.69, 9.17) is 10.2 Å². The molecule has 0 amide bonds. The average molecular weight is 353 g/mol. The van der Waals surface area contributed by atoms with Gasteiger partial charge in [-0.1, -0.05) is 44.2 Å². The standard InChI is InChI=1S/C21H36O4/c1-16(2)18(4)13-21(25)17(3)7-5-8-19(14-23)9-6-10-20(15-24)11-12-22/h7,9,11,16,21-25H,4-6,8,10,12-15H2,1-3H3. The first-order chi connectivity index (χ1) is 11.8. The van der Waals surface area contributed by atoms with Crippen LogP contribution in [-0.2, 0) is 0 Å². The molecule has 0 radical (unpaired) electrons. The molecule has 144 valence electrons. The summed E-state index contributed by atoms with van der Waals surface area (Å²) in [6.07, 6.45) is 8.62. The van der Waals surface area contributed by atoms with E-state index in [2.05, 4.69) is 20.4 Å². The summed E-state index contributed by atoms with van der Waals surface area (Å²) in [5.74, 6) is 0.370. The van der Waals surface area contributed by atoms with E-state index in [0.717, 1.165) is 41.6 Å². The lowest BCUT2D eigenvalue weighted by Crippen LogP contribution is -2.11. The van der Waals surface area contributed by atoms with Gasteiger partial charge in [0.25, 0.3) is 0 Å². The molecule has 0 saturated heterocycles. The van der Waals surface area contributed by atoms with E-state index in [0.29, 0.717) is 18.8 Å². The van der Waals surface area contributed by atoms with Crippen LogP contribution in [0, 0.1) is 5.92 Å². The number of allylic oxidation sites excluding steroid dienone is 2. The van der Waals surface area contributed by atoms with Crippen LogP contribution < -0.4 is 0 Å². The maximum Gasteiger partial charge on any atom is 0.0784 e. The molecule has 4 heteroatoms. The molecule has 0 heterocycles. The fourth-order valence-corrected chi connectivity index (χ4v) is 2.35. The third-order valence-corrected chi connectivity index (χ3v) is 4.41. The van der Waals surface area contributed by atoms with E-state index in [1.54, 1.807) is 6.08 Å². The highest BCUT2D eigenvalue weighted by Gasteiger charge is 2.10. The number of rotatable bonds is 13. The third kappa shape index (κ3) is 11.1. The van der Waals surface area contributed by atoms with E-state index < -0.39 is 6.10 Å². The van der Waals surface area contributed by atoms with Gasteiger partial charge in [0.1, 0.15) is 0 Å². The van der Waals surface area contributed by atoms with Crippen molar-refractivity contribution in [2.45, 2.75) is 59.0 Å². The minimum absolute atomic E-state index is 0.0117. The van der Waals surface area contributed by atoms with E-state index in [9.17, 15) is 10.2 Å². The Morgan fingerprint density at radius 1 is 0.920 bits per heavy atom. The summed E-state index contributed by atoms with van der Waals surface area (Å²) < 4.78 is 0. The van der Waals surface area contributed by atoms with Gasteiger partial charge in [-0.3, -0.25) is 0 Å². The van der Waals surface area contributed by atoms with Crippen molar-refractivity contribution >= 4 is 0 Å². The Balaban J connectivity index is 4.42. The summed E-state index contributed by atoms with van der Waals surface area (Å²) in [6.45, 7) is 9.96. The lowest BCUT2D eigenvalue weighted by molar-refractivity contribution is 0.208. The van der Waals surface area contributed by atoms with Crippen molar-refractivity contribution in [3.8, 4) is 0 Å². The van der Waals surface area contributed by atoms with E-state index in [1.165, 1.54) is 0 Å². The van der Waals surface area contributed by atoms with Gasteiger partial charge in [0.05, 0.1) is 25.9 Å². The van der Waals surface area contributed by atoms with Gasteiger partial charge in [-0.25, -0.2) is 0 Å². The zero-order valence-electron chi connectivity index (χ0n) is 16.0. The molecule has 0 bridgehead atoms.